The monoisotopic (exact) mass is 366 g/mol. The van der Waals surface area contributed by atoms with E-state index in [-0.39, 0.29) is 17.4 Å². The number of fused-ring (bicyclic) bond motifs is 3. The summed E-state index contributed by atoms with van der Waals surface area (Å²) in [5.41, 5.74) is 2.05. The number of hydrogen-bond donors (Lipinski definition) is 1. The third-order valence-corrected chi connectivity index (χ3v) is 6.07. The number of H-pyrrole nitrogens is 1. The van der Waals surface area contributed by atoms with Gasteiger partial charge in [-0.3, -0.25) is 19.6 Å². The van der Waals surface area contributed by atoms with Crippen molar-refractivity contribution in [3.63, 3.8) is 0 Å². The summed E-state index contributed by atoms with van der Waals surface area (Å²) in [5.74, 6) is 1.07. The number of carbonyl (C=O) groups is 1. The normalized spacial score (nSPS) is 24.0. The summed E-state index contributed by atoms with van der Waals surface area (Å²) in [6.07, 6.45) is 8.51. The van der Waals surface area contributed by atoms with Crippen molar-refractivity contribution in [2.75, 3.05) is 31.1 Å². The van der Waals surface area contributed by atoms with E-state index in [1.807, 2.05) is 4.90 Å². The van der Waals surface area contributed by atoms with E-state index >= 15 is 0 Å². The van der Waals surface area contributed by atoms with Gasteiger partial charge in [0, 0.05) is 50.1 Å². The average molecular weight is 366 g/mol. The molecule has 8 heteroatoms. The number of carbonyl (C=O) groups excluding carboxylic acids is 1. The fourth-order valence-electron chi connectivity index (χ4n) is 4.67. The minimum absolute atomic E-state index is 0.0148. The first-order valence-electron chi connectivity index (χ1n) is 9.64. The maximum Gasteiger partial charge on any atom is 0.274 e. The van der Waals surface area contributed by atoms with Gasteiger partial charge in [-0.05, 0) is 31.6 Å². The molecule has 4 heterocycles. The molecule has 1 aliphatic carbocycles. The quantitative estimate of drug-likeness (QED) is 0.851. The Morgan fingerprint density at radius 1 is 1.19 bits per heavy atom. The summed E-state index contributed by atoms with van der Waals surface area (Å²) in [5, 5.41) is 0. The van der Waals surface area contributed by atoms with Crippen LogP contribution in [0.2, 0.25) is 0 Å². The van der Waals surface area contributed by atoms with Gasteiger partial charge in [0.2, 0.25) is 5.95 Å². The van der Waals surface area contributed by atoms with E-state index < -0.39 is 0 Å². The first-order chi connectivity index (χ1) is 13.2. The van der Waals surface area contributed by atoms with Crippen LogP contribution in [-0.4, -0.2) is 56.9 Å². The number of aromatic nitrogens is 4. The highest BCUT2D eigenvalue weighted by molar-refractivity contribution is 5.92. The molecule has 3 aliphatic rings. The van der Waals surface area contributed by atoms with E-state index in [2.05, 4.69) is 19.9 Å². The first kappa shape index (κ1) is 16.4. The number of hydrogen-bond acceptors (Lipinski definition) is 6. The number of nitrogens with zero attached hydrogens (tertiary/aromatic N) is 5. The molecule has 2 atom stereocenters. The second kappa shape index (κ2) is 6.44. The number of amides is 1. The number of nitrogens with one attached hydrogen (secondary N) is 1. The van der Waals surface area contributed by atoms with Crippen LogP contribution in [0, 0.1) is 5.92 Å². The molecule has 0 unspecified atom stereocenters. The van der Waals surface area contributed by atoms with Gasteiger partial charge in [-0.25, -0.2) is 9.97 Å². The molecule has 0 bridgehead atoms. The molecule has 2 aromatic heterocycles. The van der Waals surface area contributed by atoms with Crippen molar-refractivity contribution in [2.45, 2.75) is 31.6 Å². The van der Waals surface area contributed by atoms with Gasteiger partial charge in [-0.1, -0.05) is 0 Å². The van der Waals surface area contributed by atoms with Gasteiger partial charge in [0.1, 0.15) is 5.69 Å². The molecule has 1 N–H and O–H groups in total. The molecule has 0 saturated carbocycles. The van der Waals surface area contributed by atoms with Crippen LogP contribution < -0.4 is 10.5 Å². The van der Waals surface area contributed by atoms with Gasteiger partial charge in [0.05, 0.1) is 11.9 Å². The van der Waals surface area contributed by atoms with Crippen LogP contribution >= 0.6 is 0 Å². The van der Waals surface area contributed by atoms with Crippen molar-refractivity contribution in [1.82, 2.24) is 24.8 Å². The lowest BCUT2D eigenvalue weighted by molar-refractivity contribution is 0.0779. The summed E-state index contributed by atoms with van der Waals surface area (Å²) in [6.45, 7) is 3.15. The Bertz CT molecular complexity index is 922. The van der Waals surface area contributed by atoms with Crippen molar-refractivity contribution in [2.24, 2.45) is 5.92 Å². The van der Waals surface area contributed by atoms with E-state index in [1.165, 1.54) is 12.4 Å². The number of anilines is 1. The maximum atomic E-state index is 12.8. The van der Waals surface area contributed by atoms with Crippen LogP contribution in [0.15, 0.2) is 23.4 Å². The molecule has 8 nitrogen and oxygen atoms in total. The van der Waals surface area contributed by atoms with Crippen LogP contribution in [0.5, 0.6) is 0 Å². The Labute approximate surface area is 156 Å². The summed E-state index contributed by atoms with van der Waals surface area (Å²) in [4.78, 5) is 45.4. The molecule has 0 spiro atoms. The van der Waals surface area contributed by atoms with Crippen LogP contribution in [0.25, 0.3) is 0 Å². The van der Waals surface area contributed by atoms with Gasteiger partial charge < -0.3 is 9.80 Å². The Kier molecular flexibility index (Phi) is 3.91. The molecule has 2 saturated heterocycles. The Balaban J connectivity index is 1.45. The van der Waals surface area contributed by atoms with Crippen LogP contribution in [0.3, 0.4) is 0 Å². The molecular formula is C19H22N6O2. The zero-order valence-electron chi connectivity index (χ0n) is 15.1. The number of likely N-dealkylation sites (tertiary alicyclic amines) is 1. The number of rotatable bonds is 2. The highest BCUT2D eigenvalue weighted by atomic mass is 16.2. The predicted molar refractivity (Wildman–Crippen MR) is 98.8 cm³/mol. The minimum Gasteiger partial charge on any atom is -0.342 e. The molecule has 140 valence electrons. The van der Waals surface area contributed by atoms with Crippen molar-refractivity contribution in [1.29, 1.82) is 0 Å². The van der Waals surface area contributed by atoms with Crippen molar-refractivity contribution in [3.8, 4) is 0 Å². The standard InChI is InChI=1S/C19H22N6O2/c26-17-13-4-3-12-10-25(18(27)15-9-20-5-6-21-15)11-14(12)16(13)22-19(23-17)24-7-1-2-8-24/h5-6,9,12,14H,1-4,7-8,10-11H2,(H,22,23,26)/t12-,14+/m1/s1. The Morgan fingerprint density at radius 3 is 2.81 bits per heavy atom. The second-order valence-electron chi connectivity index (χ2n) is 7.65. The molecule has 0 radical (unpaired) electrons. The molecule has 2 aliphatic heterocycles. The third kappa shape index (κ3) is 2.79. The van der Waals surface area contributed by atoms with E-state index in [0.29, 0.717) is 30.6 Å². The van der Waals surface area contributed by atoms with Gasteiger partial charge in [0.15, 0.2) is 0 Å². The van der Waals surface area contributed by atoms with Gasteiger partial charge in [-0.15, -0.1) is 0 Å². The van der Waals surface area contributed by atoms with Crippen molar-refractivity contribution < 1.29 is 4.79 Å². The fourth-order valence-corrected chi connectivity index (χ4v) is 4.67. The summed E-state index contributed by atoms with van der Waals surface area (Å²) >= 11 is 0. The van der Waals surface area contributed by atoms with Gasteiger partial charge >= 0.3 is 0 Å². The molecular weight excluding hydrogens is 344 g/mol. The molecule has 27 heavy (non-hydrogen) atoms. The minimum atomic E-state index is -0.0938. The average Bonchev–Trinajstić information content (AvgIpc) is 3.38. The Morgan fingerprint density at radius 2 is 2.04 bits per heavy atom. The third-order valence-electron chi connectivity index (χ3n) is 6.07. The first-order valence-corrected chi connectivity index (χ1v) is 9.64. The SMILES string of the molecule is O=C(c1cnccn1)N1C[C@H]2CCc3c(nc(N4CCCC4)[nH]c3=O)[C@H]2C1. The zero-order valence-corrected chi connectivity index (χ0v) is 15.1. The van der Waals surface area contributed by atoms with Crippen LogP contribution in [-0.2, 0) is 6.42 Å². The number of aromatic amines is 1. The lowest BCUT2D eigenvalue weighted by Crippen LogP contribution is -2.32. The van der Waals surface area contributed by atoms with E-state index in [0.717, 1.165) is 50.0 Å². The molecule has 2 aromatic rings. The van der Waals surface area contributed by atoms with E-state index in [9.17, 15) is 9.59 Å². The van der Waals surface area contributed by atoms with Crippen LogP contribution in [0.1, 0.15) is 46.9 Å². The summed E-state index contributed by atoms with van der Waals surface area (Å²) in [6, 6.07) is 0. The predicted octanol–water partition coefficient (Wildman–Crippen LogP) is 0.962. The highest BCUT2D eigenvalue weighted by Crippen LogP contribution is 2.40. The van der Waals surface area contributed by atoms with Gasteiger partial charge in [-0.2, -0.15) is 0 Å². The summed E-state index contributed by atoms with van der Waals surface area (Å²) < 4.78 is 0. The lowest BCUT2D eigenvalue weighted by Gasteiger charge is -2.27. The van der Waals surface area contributed by atoms with Gasteiger partial charge in [0.25, 0.3) is 11.5 Å². The highest BCUT2D eigenvalue weighted by Gasteiger charge is 2.42. The molecule has 5 rings (SSSR count). The maximum absolute atomic E-state index is 12.8. The van der Waals surface area contributed by atoms with Crippen molar-refractivity contribution in [3.05, 3.63) is 45.9 Å². The molecule has 0 aromatic carbocycles. The molecule has 2 fully saturated rings. The fraction of sp³-hybridized carbons (Fsp3) is 0.526. The Hall–Kier alpha value is -2.77. The zero-order chi connectivity index (χ0) is 18.4. The smallest absolute Gasteiger partial charge is 0.274 e. The second-order valence-corrected chi connectivity index (χ2v) is 7.65. The van der Waals surface area contributed by atoms with Crippen LogP contribution in [0.4, 0.5) is 5.95 Å². The topological polar surface area (TPSA) is 95.1 Å². The largest absolute Gasteiger partial charge is 0.342 e. The lowest BCUT2D eigenvalue weighted by atomic mass is 9.80. The summed E-state index contributed by atoms with van der Waals surface area (Å²) in [7, 11) is 0. The molecule has 1 amide bonds. The van der Waals surface area contributed by atoms with Crippen molar-refractivity contribution >= 4 is 11.9 Å². The van der Waals surface area contributed by atoms with E-state index in [4.69, 9.17) is 4.98 Å². The van der Waals surface area contributed by atoms with E-state index in [1.54, 1.807) is 6.20 Å².